The van der Waals surface area contributed by atoms with Crippen LogP contribution < -0.4 is 10.6 Å². The van der Waals surface area contributed by atoms with E-state index in [1.165, 1.54) is 5.56 Å². The maximum atomic E-state index is 5.95. The maximum absolute atomic E-state index is 5.95. The van der Waals surface area contributed by atoms with E-state index in [9.17, 15) is 0 Å². The summed E-state index contributed by atoms with van der Waals surface area (Å²) < 4.78 is 0. The van der Waals surface area contributed by atoms with E-state index in [2.05, 4.69) is 10.6 Å². The van der Waals surface area contributed by atoms with E-state index < -0.39 is 0 Å². The molecule has 1 heterocycles. The summed E-state index contributed by atoms with van der Waals surface area (Å²) in [6.45, 7) is 2.96. The van der Waals surface area contributed by atoms with Gasteiger partial charge in [0, 0.05) is 25.7 Å². The fourth-order valence-electron chi connectivity index (χ4n) is 1.62. The van der Waals surface area contributed by atoms with Crippen molar-refractivity contribution in [2.75, 3.05) is 19.6 Å². The number of halogens is 2. The topological polar surface area (TPSA) is 24.1 Å². The third-order valence-corrected chi connectivity index (χ3v) is 3.13. The second-order valence-electron chi connectivity index (χ2n) is 3.38. The lowest BCUT2D eigenvalue weighted by Gasteiger charge is -2.25. The van der Waals surface area contributed by atoms with Gasteiger partial charge in [-0.25, -0.2) is 0 Å². The van der Waals surface area contributed by atoms with Crippen molar-refractivity contribution in [1.29, 1.82) is 0 Å². The zero-order valence-electron chi connectivity index (χ0n) is 7.69. The van der Waals surface area contributed by atoms with Crippen molar-refractivity contribution >= 4 is 23.2 Å². The molecule has 0 spiro atoms. The van der Waals surface area contributed by atoms with Crippen LogP contribution in [0.1, 0.15) is 11.6 Å². The minimum Gasteiger partial charge on any atom is -0.314 e. The number of benzene rings is 1. The Hall–Kier alpha value is -0.280. The summed E-state index contributed by atoms with van der Waals surface area (Å²) in [5, 5.41) is 7.98. The highest BCUT2D eigenvalue weighted by atomic mass is 35.5. The SMILES string of the molecule is Clc1ccc([C@H]2CNCCN2)cc1Cl. The van der Waals surface area contributed by atoms with Gasteiger partial charge < -0.3 is 10.6 Å². The van der Waals surface area contributed by atoms with Gasteiger partial charge in [-0.15, -0.1) is 0 Å². The van der Waals surface area contributed by atoms with E-state index in [1.807, 2.05) is 18.2 Å². The van der Waals surface area contributed by atoms with E-state index >= 15 is 0 Å². The molecule has 0 unspecified atom stereocenters. The predicted octanol–water partition coefficient (Wildman–Crippen LogP) is 2.23. The normalized spacial score (nSPS) is 22.3. The molecule has 0 aliphatic carbocycles. The molecular formula is C10H12Cl2N2. The Kier molecular flexibility index (Phi) is 3.29. The molecule has 14 heavy (non-hydrogen) atoms. The second kappa shape index (κ2) is 4.49. The molecule has 2 rings (SSSR count). The Bertz CT molecular complexity index is 322. The Morgan fingerprint density at radius 1 is 1.14 bits per heavy atom. The van der Waals surface area contributed by atoms with Gasteiger partial charge in [-0.05, 0) is 17.7 Å². The Balaban J connectivity index is 2.18. The van der Waals surface area contributed by atoms with Gasteiger partial charge in [0.2, 0.25) is 0 Å². The molecule has 1 fully saturated rings. The summed E-state index contributed by atoms with van der Waals surface area (Å²) in [5.74, 6) is 0. The van der Waals surface area contributed by atoms with Gasteiger partial charge in [0.25, 0.3) is 0 Å². The molecule has 4 heteroatoms. The van der Waals surface area contributed by atoms with Crippen LogP contribution in [-0.2, 0) is 0 Å². The fourth-order valence-corrected chi connectivity index (χ4v) is 1.92. The van der Waals surface area contributed by atoms with E-state index in [0.29, 0.717) is 16.1 Å². The summed E-state index contributed by atoms with van der Waals surface area (Å²) in [6.07, 6.45) is 0. The highest BCUT2D eigenvalue weighted by Gasteiger charge is 2.14. The van der Waals surface area contributed by atoms with Crippen LogP contribution in [-0.4, -0.2) is 19.6 Å². The van der Waals surface area contributed by atoms with Crippen LogP contribution in [0, 0.1) is 0 Å². The highest BCUT2D eigenvalue weighted by Crippen LogP contribution is 2.25. The summed E-state index contributed by atoms with van der Waals surface area (Å²) in [4.78, 5) is 0. The molecule has 1 aliphatic heterocycles. The smallest absolute Gasteiger partial charge is 0.0595 e. The monoisotopic (exact) mass is 230 g/mol. The first-order valence-corrected chi connectivity index (χ1v) is 5.42. The lowest BCUT2D eigenvalue weighted by Crippen LogP contribution is -2.42. The molecule has 0 amide bonds. The first-order valence-electron chi connectivity index (χ1n) is 4.66. The van der Waals surface area contributed by atoms with Crippen LogP contribution in [0.4, 0.5) is 0 Å². The first-order chi connectivity index (χ1) is 6.77. The minimum absolute atomic E-state index is 0.346. The highest BCUT2D eigenvalue weighted by molar-refractivity contribution is 6.42. The molecule has 0 radical (unpaired) electrons. The number of rotatable bonds is 1. The third-order valence-electron chi connectivity index (χ3n) is 2.39. The fraction of sp³-hybridized carbons (Fsp3) is 0.400. The van der Waals surface area contributed by atoms with Gasteiger partial charge >= 0.3 is 0 Å². The van der Waals surface area contributed by atoms with E-state index in [0.717, 1.165) is 19.6 Å². The Labute approximate surface area is 93.6 Å². The molecule has 1 aliphatic rings. The molecule has 1 aromatic carbocycles. The van der Waals surface area contributed by atoms with Crippen LogP contribution >= 0.6 is 23.2 Å². The van der Waals surface area contributed by atoms with Gasteiger partial charge in [-0.2, -0.15) is 0 Å². The van der Waals surface area contributed by atoms with Gasteiger partial charge in [-0.1, -0.05) is 29.3 Å². The minimum atomic E-state index is 0.346. The van der Waals surface area contributed by atoms with Gasteiger partial charge in [0.1, 0.15) is 0 Å². The third kappa shape index (κ3) is 2.20. The maximum Gasteiger partial charge on any atom is 0.0595 e. The number of hydrogen-bond donors (Lipinski definition) is 2. The van der Waals surface area contributed by atoms with Crippen LogP contribution in [0.25, 0.3) is 0 Å². The Morgan fingerprint density at radius 3 is 2.64 bits per heavy atom. The van der Waals surface area contributed by atoms with Crippen LogP contribution in [0.15, 0.2) is 18.2 Å². The lowest BCUT2D eigenvalue weighted by atomic mass is 10.1. The zero-order valence-corrected chi connectivity index (χ0v) is 9.20. The lowest BCUT2D eigenvalue weighted by molar-refractivity contribution is 0.430. The average Bonchev–Trinajstić information content (AvgIpc) is 2.23. The predicted molar refractivity (Wildman–Crippen MR) is 60.1 cm³/mol. The summed E-state index contributed by atoms with van der Waals surface area (Å²) in [5.41, 5.74) is 1.19. The van der Waals surface area contributed by atoms with Crippen molar-refractivity contribution in [3.8, 4) is 0 Å². The Morgan fingerprint density at radius 2 is 2.00 bits per heavy atom. The molecular weight excluding hydrogens is 219 g/mol. The summed E-state index contributed by atoms with van der Waals surface area (Å²) in [6, 6.07) is 6.13. The van der Waals surface area contributed by atoms with Crippen molar-refractivity contribution in [2.24, 2.45) is 0 Å². The summed E-state index contributed by atoms with van der Waals surface area (Å²) in [7, 11) is 0. The number of piperazine rings is 1. The largest absolute Gasteiger partial charge is 0.314 e. The van der Waals surface area contributed by atoms with Gasteiger partial charge in [0.15, 0.2) is 0 Å². The van der Waals surface area contributed by atoms with E-state index in [4.69, 9.17) is 23.2 Å². The number of nitrogens with one attached hydrogen (secondary N) is 2. The van der Waals surface area contributed by atoms with Gasteiger partial charge in [-0.3, -0.25) is 0 Å². The van der Waals surface area contributed by atoms with Gasteiger partial charge in [0.05, 0.1) is 10.0 Å². The molecule has 1 saturated heterocycles. The van der Waals surface area contributed by atoms with Crippen molar-refractivity contribution in [3.05, 3.63) is 33.8 Å². The molecule has 0 saturated carbocycles. The quantitative estimate of drug-likeness (QED) is 0.774. The summed E-state index contributed by atoms with van der Waals surface area (Å²) >= 11 is 11.8. The average molecular weight is 231 g/mol. The number of hydrogen-bond acceptors (Lipinski definition) is 2. The molecule has 2 N–H and O–H groups in total. The second-order valence-corrected chi connectivity index (χ2v) is 4.20. The van der Waals surface area contributed by atoms with Crippen molar-refractivity contribution in [1.82, 2.24) is 10.6 Å². The standard InChI is InChI=1S/C10H12Cl2N2/c11-8-2-1-7(5-9(8)12)10-6-13-3-4-14-10/h1-2,5,10,13-14H,3-4,6H2/t10-/m1/s1. The van der Waals surface area contributed by atoms with E-state index in [1.54, 1.807) is 0 Å². The molecule has 0 bridgehead atoms. The van der Waals surface area contributed by atoms with Crippen LogP contribution in [0.3, 0.4) is 0 Å². The van der Waals surface area contributed by atoms with Crippen molar-refractivity contribution in [3.63, 3.8) is 0 Å². The molecule has 76 valence electrons. The van der Waals surface area contributed by atoms with Crippen molar-refractivity contribution < 1.29 is 0 Å². The molecule has 2 nitrogen and oxygen atoms in total. The molecule has 0 aromatic heterocycles. The first kappa shape index (κ1) is 10.2. The van der Waals surface area contributed by atoms with Crippen LogP contribution in [0.2, 0.25) is 10.0 Å². The zero-order chi connectivity index (χ0) is 9.97. The van der Waals surface area contributed by atoms with Crippen LogP contribution in [0.5, 0.6) is 0 Å². The van der Waals surface area contributed by atoms with Crippen molar-refractivity contribution in [2.45, 2.75) is 6.04 Å². The molecule has 1 aromatic rings. The molecule has 1 atom stereocenters. The van der Waals surface area contributed by atoms with E-state index in [-0.39, 0.29) is 0 Å².